The quantitative estimate of drug-likeness (QED) is 0.127. The van der Waals surface area contributed by atoms with Crippen LogP contribution in [0.2, 0.25) is 0 Å². The molecular weight excluding hydrogens is 760 g/mol. The van der Waals surface area contributed by atoms with E-state index in [0.717, 1.165) is 34.1 Å². The summed E-state index contributed by atoms with van der Waals surface area (Å²) < 4.78 is 24.8. The third kappa shape index (κ3) is 6.68. The standard InChI is InChI=1S/C38H28O4P2.2ClH.Pd/c1-5-13-27(14-6-1)43(28-15-7-2-8-16-28)33-23-21-31-37(41-25-39-31)35(33)36-34(24-22-32-38(36)42-26-40-32)44(29-17-9-3-10-18-29)30-19-11-4-12-20-30;;;/h1-24H,25-26H2;2*1H;/q;;;+2. The van der Waals surface area contributed by atoms with Crippen molar-refractivity contribution in [1.82, 2.24) is 0 Å². The molecule has 8 rings (SSSR count). The van der Waals surface area contributed by atoms with E-state index in [-0.39, 0.29) is 29.5 Å². The molecule has 238 valence electrons. The van der Waals surface area contributed by atoms with Crippen LogP contribution in [-0.2, 0) is 15.9 Å². The van der Waals surface area contributed by atoms with E-state index in [1.54, 1.807) is 0 Å². The Morgan fingerprint density at radius 1 is 0.404 bits per heavy atom. The van der Waals surface area contributed by atoms with Gasteiger partial charge in [0.15, 0.2) is 23.0 Å². The fraction of sp³-hybridized carbons (Fsp3) is 0.0526. The van der Waals surface area contributed by atoms with Crippen molar-refractivity contribution in [3.8, 4) is 34.1 Å². The molecule has 0 atom stereocenters. The number of halogens is 2. The van der Waals surface area contributed by atoms with Crippen LogP contribution in [0.4, 0.5) is 0 Å². The Morgan fingerprint density at radius 2 is 0.702 bits per heavy atom. The van der Waals surface area contributed by atoms with E-state index in [2.05, 4.69) is 146 Å². The van der Waals surface area contributed by atoms with Crippen molar-refractivity contribution in [3.05, 3.63) is 146 Å². The second-order valence-corrected chi connectivity index (χ2v) is 18.0. The monoisotopic (exact) mass is 788 g/mol. The molecule has 0 amide bonds. The molecule has 6 aromatic carbocycles. The van der Waals surface area contributed by atoms with Crippen LogP contribution in [0.5, 0.6) is 23.0 Å². The van der Waals surface area contributed by atoms with Crippen molar-refractivity contribution in [2.75, 3.05) is 13.6 Å². The number of fused-ring (bicyclic) bond motifs is 2. The van der Waals surface area contributed by atoms with Gasteiger partial charge in [-0.05, 0) is 72.8 Å². The second-order valence-electron chi connectivity index (χ2n) is 10.7. The van der Waals surface area contributed by atoms with Gasteiger partial charge in [0.2, 0.25) is 13.6 Å². The Hall–Kier alpha value is -3.38. The first-order chi connectivity index (χ1) is 23.3. The molecule has 0 aromatic heterocycles. The first-order valence-corrected chi connectivity index (χ1v) is 21.9. The van der Waals surface area contributed by atoms with Crippen molar-refractivity contribution < 1.29 is 34.9 Å². The summed E-state index contributed by atoms with van der Waals surface area (Å²) in [6, 6.07) is 51.9. The summed E-state index contributed by atoms with van der Waals surface area (Å²) in [7, 11) is 6.66. The molecule has 4 nitrogen and oxygen atoms in total. The molecule has 2 heterocycles. The minimum Gasteiger partial charge on any atom is -0.454 e. The molecular formula is C38H30Cl2O4P2Pd+2. The van der Waals surface area contributed by atoms with Crippen molar-refractivity contribution in [2.45, 2.75) is 0 Å². The topological polar surface area (TPSA) is 36.9 Å². The van der Waals surface area contributed by atoms with E-state index in [0.29, 0.717) is 0 Å². The number of hydrogen-bond donors (Lipinski definition) is 0. The van der Waals surface area contributed by atoms with E-state index < -0.39 is 15.8 Å². The van der Waals surface area contributed by atoms with Gasteiger partial charge in [0.1, 0.15) is 31.8 Å². The van der Waals surface area contributed by atoms with Crippen LogP contribution < -0.4 is 50.8 Å². The van der Waals surface area contributed by atoms with Gasteiger partial charge in [0, 0.05) is 0 Å². The maximum absolute atomic E-state index is 6.36. The molecule has 0 saturated heterocycles. The van der Waals surface area contributed by atoms with E-state index in [4.69, 9.17) is 38.0 Å². The third-order valence-corrected chi connectivity index (χ3v) is 13.7. The van der Waals surface area contributed by atoms with Crippen molar-refractivity contribution in [3.63, 3.8) is 0 Å². The minimum absolute atomic E-state index is 0.106. The van der Waals surface area contributed by atoms with E-state index in [9.17, 15) is 0 Å². The van der Waals surface area contributed by atoms with E-state index in [1.807, 2.05) is 0 Å². The third-order valence-electron chi connectivity index (χ3n) is 8.12. The van der Waals surface area contributed by atoms with Gasteiger partial charge in [-0.25, -0.2) is 0 Å². The average Bonchev–Trinajstić information content (AvgIpc) is 3.81. The Kier molecular flexibility index (Phi) is 10.4. The van der Waals surface area contributed by atoms with Crippen LogP contribution in [0.3, 0.4) is 0 Å². The fourth-order valence-corrected chi connectivity index (χ4v) is 11.7. The predicted octanol–water partition coefficient (Wildman–Crippen LogP) is 7.17. The summed E-state index contributed by atoms with van der Waals surface area (Å²) in [5.41, 5.74) is 2.07. The molecule has 0 bridgehead atoms. The van der Waals surface area contributed by atoms with Gasteiger partial charge in [-0.1, -0.05) is 72.8 Å². The average molecular weight is 790 g/mol. The molecule has 2 aliphatic rings. The van der Waals surface area contributed by atoms with Gasteiger partial charge in [0.25, 0.3) is 0 Å². The number of ether oxygens (including phenoxy) is 4. The molecule has 0 saturated carbocycles. The second kappa shape index (κ2) is 15.2. The normalized spacial score (nSPS) is 12.7. The molecule has 0 fully saturated rings. The first-order valence-electron chi connectivity index (χ1n) is 14.9. The van der Waals surface area contributed by atoms with Gasteiger partial charge in [-0.2, -0.15) is 0 Å². The predicted molar refractivity (Wildman–Crippen MR) is 196 cm³/mol. The van der Waals surface area contributed by atoms with Crippen molar-refractivity contribution in [2.24, 2.45) is 0 Å². The number of benzene rings is 6. The van der Waals surface area contributed by atoms with Gasteiger partial charge in [-0.3, -0.25) is 0 Å². The molecule has 0 radical (unpaired) electrons. The summed E-state index contributed by atoms with van der Waals surface area (Å²) in [6.45, 7) is 0.364. The van der Waals surface area contributed by atoms with Crippen LogP contribution in [-0.4, -0.2) is 13.6 Å². The number of hydrogen-bond acceptors (Lipinski definition) is 4. The molecule has 2 aliphatic heterocycles. The summed E-state index contributed by atoms with van der Waals surface area (Å²) in [4.78, 5) is 0. The van der Waals surface area contributed by atoms with Crippen LogP contribution in [0.15, 0.2) is 146 Å². The van der Waals surface area contributed by atoms with Gasteiger partial charge >= 0.3 is 35.0 Å². The summed E-state index contributed by atoms with van der Waals surface area (Å²) in [5, 5.41) is 7.64. The van der Waals surface area contributed by atoms with Crippen LogP contribution >= 0.6 is 34.9 Å². The molecule has 0 unspecified atom stereocenters. The zero-order valence-electron chi connectivity index (χ0n) is 25.0. The maximum Gasteiger partial charge on any atom is 0.231 e. The van der Waals surface area contributed by atoms with E-state index in [1.165, 1.54) is 31.8 Å². The fourth-order valence-electron chi connectivity index (χ4n) is 6.23. The summed E-state index contributed by atoms with van der Waals surface area (Å²) in [5.74, 6) is 3.04. The number of rotatable bonds is 7. The summed E-state index contributed by atoms with van der Waals surface area (Å²) in [6.07, 6.45) is 0. The van der Waals surface area contributed by atoms with Crippen LogP contribution in [0.1, 0.15) is 0 Å². The molecule has 9 heteroatoms. The smallest absolute Gasteiger partial charge is 0.231 e. The molecule has 0 N–H and O–H groups in total. The van der Waals surface area contributed by atoms with Crippen molar-refractivity contribution in [1.29, 1.82) is 0 Å². The van der Waals surface area contributed by atoms with Crippen LogP contribution in [0, 0.1) is 0 Å². The Labute approximate surface area is 293 Å². The van der Waals surface area contributed by atoms with Gasteiger partial charge in [-0.15, -0.1) is 0 Å². The Balaban J connectivity index is 0.00000113. The van der Waals surface area contributed by atoms with E-state index >= 15 is 0 Å². The zero-order chi connectivity index (χ0) is 32.0. The SMILES string of the molecule is [Cl][Pd][Cl].c1ccc([PH+](c2ccccc2)c2ccc3c(c2-c2c([PH+](c4ccccc4)c4ccccc4)ccc4c2OCO4)OCO3)cc1. The minimum atomic E-state index is -1.48. The van der Waals surface area contributed by atoms with Gasteiger partial charge in [0.05, 0.1) is 27.0 Å². The Bertz CT molecular complexity index is 1730. The zero-order valence-corrected chi connectivity index (χ0v) is 30.0. The van der Waals surface area contributed by atoms with Gasteiger partial charge < -0.3 is 18.9 Å². The molecule has 0 spiro atoms. The van der Waals surface area contributed by atoms with Crippen LogP contribution in [0.25, 0.3) is 11.1 Å². The first kappa shape index (κ1) is 32.2. The molecule has 6 aromatic rings. The Morgan fingerprint density at radius 3 is 1.00 bits per heavy atom. The molecule has 0 aliphatic carbocycles. The largest absolute Gasteiger partial charge is 0.454 e. The maximum atomic E-state index is 6.36. The summed E-state index contributed by atoms with van der Waals surface area (Å²) >= 11 is -0.106. The molecule has 47 heavy (non-hydrogen) atoms. The van der Waals surface area contributed by atoms with Crippen molar-refractivity contribution >= 4 is 66.7 Å².